The van der Waals surface area contributed by atoms with Crippen molar-refractivity contribution in [1.29, 1.82) is 0 Å². The van der Waals surface area contributed by atoms with Crippen LogP contribution in [0.15, 0.2) is 60.7 Å². The average molecular weight is 297 g/mol. The Bertz CT molecular complexity index is 552. The summed E-state index contributed by atoms with van der Waals surface area (Å²) in [5.74, 6) is -1.39. The Hall–Kier alpha value is -2.62. The summed E-state index contributed by atoms with van der Waals surface area (Å²) in [6, 6.07) is 18.6. The Morgan fingerprint density at radius 1 is 0.727 bits per heavy atom. The third-order valence-electron chi connectivity index (χ3n) is 3.04. The highest BCUT2D eigenvalue weighted by atomic mass is 16.6. The Morgan fingerprint density at radius 3 is 1.45 bits per heavy atom. The number of ether oxygens (including phenoxy) is 2. The summed E-state index contributed by atoms with van der Waals surface area (Å²) in [7, 11) is 0. The Kier molecular flexibility index (Phi) is 5.72. The molecule has 113 valence electrons. The van der Waals surface area contributed by atoms with Gasteiger partial charge >= 0.3 is 11.9 Å². The van der Waals surface area contributed by atoms with E-state index in [1.54, 1.807) is 0 Å². The Labute approximate surface area is 129 Å². The van der Waals surface area contributed by atoms with Gasteiger partial charge in [0.15, 0.2) is 5.92 Å². The Balaban J connectivity index is 1.78. The predicted molar refractivity (Wildman–Crippen MR) is 81.4 cm³/mol. The van der Waals surface area contributed by atoms with Gasteiger partial charge in [-0.1, -0.05) is 60.7 Å². The van der Waals surface area contributed by atoms with Gasteiger partial charge in [0.05, 0.1) is 0 Å². The normalized spacial score (nSPS) is 10.3. The zero-order valence-electron chi connectivity index (χ0n) is 12.3. The summed E-state index contributed by atoms with van der Waals surface area (Å²) >= 11 is 0. The van der Waals surface area contributed by atoms with E-state index in [1.165, 1.54) is 6.92 Å². The van der Waals surface area contributed by atoms with Crippen molar-refractivity contribution in [3.8, 4) is 0 Å². The summed E-state index contributed by atoms with van der Waals surface area (Å²) in [5, 5.41) is 0. The number of hydrogen-bond donors (Lipinski definition) is 0. The molecular formula is C18H17O4. The Morgan fingerprint density at radius 2 is 1.09 bits per heavy atom. The first-order valence-electron chi connectivity index (χ1n) is 6.92. The maximum Gasteiger partial charge on any atom is 0.325 e. The molecule has 0 fully saturated rings. The van der Waals surface area contributed by atoms with Gasteiger partial charge in [0.2, 0.25) is 0 Å². The molecule has 0 saturated carbocycles. The largest absolute Gasteiger partial charge is 0.460 e. The molecule has 0 aliphatic rings. The number of hydrogen-bond acceptors (Lipinski definition) is 4. The maximum atomic E-state index is 11.8. The van der Waals surface area contributed by atoms with Gasteiger partial charge in [0.25, 0.3) is 0 Å². The standard InChI is InChI=1S/C18H17O4/c1-14(17(19)21-12-15-8-4-2-5-9-15)18(20)22-13-16-10-6-3-7-11-16/h2-11H,12-13H2,1H3. The van der Waals surface area contributed by atoms with E-state index in [0.29, 0.717) is 0 Å². The molecule has 0 saturated heterocycles. The molecule has 1 radical (unpaired) electrons. The number of esters is 2. The third kappa shape index (κ3) is 4.74. The zero-order valence-corrected chi connectivity index (χ0v) is 12.3. The van der Waals surface area contributed by atoms with Gasteiger partial charge in [-0.05, 0) is 18.1 Å². The van der Waals surface area contributed by atoms with E-state index in [1.807, 2.05) is 60.7 Å². The first-order chi connectivity index (χ1) is 10.7. The third-order valence-corrected chi connectivity index (χ3v) is 3.04. The summed E-state index contributed by atoms with van der Waals surface area (Å²) < 4.78 is 10.2. The molecule has 0 aliphatic carbocycles. The summed E-state index contributed by atoms with van der Waals surface area (Å²) in [4.78, 5) is 23.6. The SMILES string of the molecule is C[C](C(=O)OCc1ccccc1)C(=O)OCc1ccccc1. The van der Waals surface area contributed by atoms with Crippen molar-refractivity contribution in [3.63, 3.8) is 0 Å². The van der Waals surface area contributed by atoms with E-state index in [9.17, 15) is 9.59 Å². The van der Waals surface area contributed by atoms with Crippen molar-refractivity contribution >= 4 is 11.9 Å². The predicted octanol–water partition coefficient (Wildman–Crippen LogP) is 3.07. The second-order valence-corrected chi connectivity index (χ2v) is 4.75. The molecule has 0 amide bonds. The number of rotatable bonds is 6. The molecule has 0 aliphatic heterocycles. The van der Waals surface area contributed by atoms with Crippen LogP contribution in [0.4, 0.5) is 0 Å². The van der Waals surface area contributed by atoms with Crippen molar-refractivity contribution in [2.45, 2.75) is 20.1 Å². The highest BCUT2D eigenvalue weighted by molar-refractivity contribution is 6.09. The minimum Gasteiger partial charge on any atom is -0.460 e. The van der Waals surface area contributed by atoms with Gasteiger partial charge in [-0.15, -0.1) is 0 Å². The smallest absolute Gasteiger partial charge is 0.325 e. The first kappa shape index (κ1) is 15.8. The van der Waals surface area contributed by atoms with Gasteiger partial charge in [-0.2, -0.15) is 0 Å². The lowest BCUT2D eigenvalue weighted by Gasteiger charge is -2.11. The molecule has 2 aromatic rings. The van der Waals surface area contributed by atoms with E-state index in [0.717, 1.165) is 11.1 Å². The molecule has 2 rings (SSSR count). The lowest BCUT2D eigenvalue weighted by atomic mass is 10.2. The van der Waals surface area contributed by atoms with Crippen molar-refractivity contribution in [2.75, 3.05) is 0 Å². The molecule has 4 nitrogen and oxygen atoms in total. The van der Waals surface area contributed by atoms with Crippen LogP contribution in [0.2, 0.25) is 0 Å². The molecule has 0 unspecified atom stereocenters. The van der Waals surface area contributed by atoms with Gasteiger partial charge in [0.1, 0.15) is 13.2 Å². The molecule has 4 heteroatoms. The second-order valence-electron chi connectivity index (χ2n) is 4.75. The van der Waals surface area contributed by atoms with E-state index in [-0.39, 0.29) is 19.1 Å². The van der Waals surface area contributed by atoms with Gasteiger partial charge in [-0.25, -0.2) is 0 Å². The molecule has 22 heavy (non-hydrogen) atoms. The molecule has 0 aromatic heterocycles. The molecule has 0 N–H and O–H groups in total. The van der Waals surface area contributed by atoms with Gasteiger partial charge < -0.3 is 9.47 Å². The van der Waals surface area contributed by atoms with Crippen LogP contribution < -0.4 is 0 Å². The van der Waals surface area contributed by atoms with E-state index < -0.39 is 11.9 Å². The van der Waals surface area contributed by atoms with Crippen LogP contribution in [0.1, 0.15) is 18.1 Å². The maximum absolute atomic E-state index is 11.8. The van der Waals surface area contributed by atoms with Gasteiger partial charge in [0, 0.05) is 0 Å². The fraction of sp³-hybridized carbons (Fsp3) is 0.167. The molecule has 0 heterocycles. The molecule has 0 bridgehead atoms. The highest BCUT2D eigenvalue weighted by Gasteiger charge is 2.26. The summed E-state index contributed by atoms with van der Waals surface area (Å²) in [5.41, 5.74) is 1.72. The van der Waals surface area contributed by atoms with Gasteiger partial charge in [-0.3, -0.25) is 9.59 Å². The zero-order chi connectivity index (χ0) is 15.8. The molecule has 0 spiro atoms. The first-order valence-corrected chi connectivity index (χ1v) is 6.92. The fourth-order valence-corrected chi connectivity index (χ4v) is 1.75. The highest BCUT2D eigenvalue weighted by Crippen LogP contribution is 2.10. The monoisotopic (exact) mass is 297 g/mol. The average Bonchev–Trinajstić information content (AvgIpc) is 2.58. The molecule has 0 atom stereocenters. The van der Waals surface area contributed by atoms with E-state index in [2.05, 4.69) is 0 Å². The topological polar surface area (TPSA) is 52.6 Å². The lowest BCUT2D eigenvalue weighted by molar-refractivity contribution is -0.152. The van der Waals surface area contributed by atoms with E-state index in [4.69, 9.17) is 9.47 Å². The van der Waals surface area contributed by atoms with Crippen LogP contribution in [-0.4, -0.2) is 11.9 Å². The second kappa shape index (κ2) is 7.98. The quantitative estimate of drug-likeness (QED) is 0.607. The van der Waals surface area contributed by atoms with Crippen LogP contribution in [0.3, 0.4) is 0 Å². The number of carbonyl (C=O) groups is 2. The van der Waals surface area contributed by atoms with Crippen LogP contribution in [0.25, 0.3) is 0 Å². The number of carbonyl (C=O) groups excluding carboxylic acids is 2. The van der Waals surface area contributed by atoms with Crippen LogP contribution in [0, 0.1) is 5.92 Å². The molecule has 2 aromatic carbocycles. The minimum atomic E-state index is -0.665. The summed E-state index contributed by atoms with van der Waals surface area (Å²) in [6.45, 7) is 1.66. The van der Waals surface area contributed by atoms with Crippen LogP contribution >= 0.6 is 0 Å². The minimum absolute atomic E-state index is 0.0631. The summed E-state index contributed by atoms with van der Waals surface area (Å²) in [6.07, 6.45) is 0. The fourth-order valence-electron chi connectivity index (χ4n) is 1.75. The van der Waals surface area contributed by atoms with E-state index >= 15 is 0 Å². The van der Waals surface area contributed by atoms with Crippen molar-refractivity contribution < 1.29 is 19.1 Å². The van der Waals surface area contributed by atoms with Crippen molar-refractivity contribution in [1.82, 2.24) is 0 Å². The van der Waals surface area contributed by atoms with Crippen LogP contribution in [-0.2, 0) is 32.3 Å². The van der Waals surface area contributed by atoms with Crippen LogP contribution in [0.5, 0.6) is 0 Å². The van der Waals surface area contributed by atoms with Crippen molar-refractivity contribution in [3.05, 3.63) is 77.7 Å². The molecular weight excluding hydrogens is 280 g/mol. The van der Waals surface area contributed by atoms with Crippen molar-refractivity contribution in [2.24, 2.45) is 0 Å². The lowest BCUT2D eigenvalue weighted by Crippen LogP contribution is -2.23. The number of benzene rings is 2.